The van der Waals surface area contributed by atoms with Crippen molar-refractivity contribution in [1.82, 2.24) is 4.90 Å². The predicted molar refractivity (Wildman–Crippen MR) is 137 cm³/mol. The second-order valence-electron chi connectivity index (χ2n) is 9.98. The Morgan fingerprint density at radius 1 is 0.882 bits per heavy atom. The maximum absolute atomic E-state index is 13.2. The Bertz CT molecular complexity index is 1100. The minimum absolute atomic E-state index is 0.0197. The van der Waals surface area contributed by atoms with Gasteiger partial charge in [0.25, 0.3) is 0 Å². The fraction of sp³-hybridized carbons (Fsp3) is 0.367. The van der Waals surface area contributed by atoms with Gasteiger partial charge in [-0.15, -0.1) is 0 Å². The largest absolute Gasteiger partial charge is 0.445 e. The number of nitrogens with zero attached hydrogens (tertiary/aromatic N) is 2. The van der Waals surface area contributed by atoms with E-state index in [1.54, 1.807) is 4.90 Å². The quantitative estimate of drug-likeness (QED) is 0.453. The lowest BCUT2D eigenvalue weighted by molar-refractivity contribution is 0.000480. The van der Waals surface area contributed by atoms with E-state index in [0.717, 1.165) is 50.1 Å². The van der Waals surface area contributed by atoms with E-state index >= 15 is 0 Å². The first-order valence-corrected chi connectivity index (χ1v) is 12.4. The maximum atomic E-state index is 13.2. The number of hydrogen-bond donors (Lipinski definition) is 0. The van der Waals surface area contributed by atoms with Gasteiger partial charge in [-0.25, -0.2) is 4.79 Å². The van der Waals surface area contributed by atoms with Crippen molar-refractivity contribution in [2.45, 2.75) is 38.8 Å². The summed E-state index contributed by atoms with van der Waals surface area (Å²) in [5.74, 6) is 0.838. The minimum Gasteiger partial charge on any atom is -0.445 e. The second kappa shape index (κ2) is 10.0. The number of amides is 1. The Morgan fingerprint density at radius 3 is 2.24 bits per heavy atom. The molecule has 1 saturated carbocycles. The van der Waals surface area contributed by atoms with Crippen LogP contribution in [-0.2, 0) is 17.7 Å². The summed E-state index contributed by atoms with van der Waals surface area (Å²) in [6, 6.07) is 27.4. The fourth-order valence-corrected chi connectivity index (χ4v) is 5.64. The molecule has 2 unspecified atom stereocenters. The van der Waals surface area contributed by atoms with Crippen LogP contribution in [0.5, 0.6) is 0 Å². The summed E-state index contributed by atoms with van der Waals surface area (Å²) < 4.78 is 6.17. The number of anilines is 1. The van der Waals surface area contributed by atoms with Crippen molar-refractivity contribution in [2.24, 2.45) is 11.8 Å². The average molecular weight is 455 g/mol. The maximum Gasteiger partial charge on any atom is 0.414 e. The van der Waals surface area contributed by atoms with Gasteiger partial charge in [-0.2, -0.15) is 0 Å². The van der Waals surface area contributed by atoms with E-state index in [-0.39, 0.29) is 12.2 Å². The van der Waals surface area contributed by atoms with Crippen molar-refractivity contribution in [3.63, 3.8) is 0 Å². The summed E-state index contributed by atoms with van der Waals surface area (Å²) in [5.41, 5.74) is 5.89. The van der Waals surface area contributed by atoms with Crippen LogP contribution in [0.25, 0.3) is 0 Å². The normalized spacial score (nSPS) is 21.9. The zero-order chi connectivity index (χ0) is 23.5. The van der Waals surface area contributed by atoms with E-state index < -0.39 is 0 Å². The van der Waals surface area contributed by atoms with Gasteiger partial charge in [-0.1, -0.05) is 78.4 Å². The number of aryl methyl sites for hydroxylation is 1. The second-order valence-corrected chi connectivity index (χ2v) is 9.98. The summed E-state index contributed by atoms with van der Waals surface area (Å²) in [6.07, 6.45) is 2.85. The molecular weight excluding hydrogens is 420 g/mol. The van der Waals surface area contributed by atoms with E-state index in [9.17, 15) is 4.79 Å². The molecule has 4 nitrogen and oxygen atoms in total. The van der Waals surface area contributed by atoms with Crippen LogP contribution in [0.15, 0.2) is 78.9 Å². The molecule has 2 atom stereocenters. The lowest BCUT2D eigenvalue weighted by atomic mass is 9.94. The Hall–Kier alpha value is -3.11. The fourth-order valence-electron chi connectivity index (χ4n) is 5.64. The van der Waals surface area contributed by atoms with Gasteiger partial charge < -0.3 is 4.74 Å². The van der Waals surface area contributed by atoms with Gasteiger partial charge in [-0.05, 0) is 48.9 Å². The Balaban J connectivity index is 1.23. The average Bonchev–Trinajstić information content (AvgIpc) is 3.08. The molecule has 0 spiro atoms. The van der Waals surface area contributed by atoms with Crippen molar-refractivity contribution in [3.8, 4) is 0 Å². The molecule has 0 N–H and O–H groups in total. The van der Waals surface area contributed by atoms with E-state index in [0.29, 0.717) is 11.8 Å². The van der Waals surface area contributed by atoms with Crippen LogP contribution in [0.2, 0.25) is 0 Å². The van der Waals surface area contributed by atoms with Gasteiger partial charge >= 0.3 is 6.09 Å². The summed E-state index contributed by atoms with van der Waals surface area (Å²) in [5, 5.41) is 0. The van der Waals surface area contributed by atoms with Gasteiger partial charge in [-0.3, -0.25) is 9.80 Å². The van der Waals surface area contributed by atoms with Gasteiger partial charge in [0.05, 0.1) is 5.69 Å². The van der Waals surface area contributed by atoms with Crippen molar-refractivity contribution >= 4 is 11.8 Å². The molecule has 1 saturated heterocycles. The summed E-state index contributed by atoms with van der Waals surface area (Å²) in [6.45, 7) is 5.07. The third-order valence-electron chi connectivity index (χ3n) is 7.45. The standard InChI is InChI=1S/C30H34N2O2/c1-22-12-14-23(15-13-22)18-25-10-6-7-11-28(25)31(2)30(33)34-29-26-16-17-27(29)21-32(20-26)19-24-8-4-3-5-9-24/h3-15,26-27,29H,16-21H2,1-2H3. The molecule has 3 aromatic carbocycles. The number of rotatable bonds is 6. The first-order chi connectivity index (χ1) is 16.6. The molecule has 2 aliphatic rings. The van der Waals surface area contributed by atoms with E-state index in [1.807, 2.05) is 25.2 Å². The topological polar surface area (TPSA) is 32.8 Å². The lowest BCUT2D eigenvalue weighted by Gasteiger charge is -2.38. The molecule has 2 fully saturated rings. The third kappa shape index (κ3) is 5.02. The van der Waals surface area contributed by atoms with Crippen LogP contribution in [0.3, 0.4) is 0 Å². The minimum atomic E-state index is -0.241. The number of benzene rings is 3. The predicted octanol–water partition coefficient (Wildman–Crippen LogP) is 6.07. The first kappa shape index (κ1) is 22.7. The molecule has 2 bridgehead atoms. The highest BCUT2D eigenvalue weighted by Gasteiger charge is 2.44. The van der Waals surface area contributed by atoms with Crippen molar-refractivity contribution in [2.75, 3.05) is 25.0 Å². The molecule has 1 heterocycles. The van der Waals surface area contributed by atoms with Gasteiger partial charge in [0.1, 0.15) is 6.10 Å². The van der Waals surface area contributed by atoms with Crippen LogP contribution in [-0.4, -0.2) is 37.2 Å². The summed E-state index contributed by atoms with van der Waals surface area (Å²) >= 11 is 0. The molecule has 3 aromatic rings. The molecule has 0 radical (unpaired) electrons. The third-order valence-corrected chi connectivity index (χ3v) is 7.45. The highest BCUT2D eigenvalue weighted by Crippen LogP contribution is 2.40. The van der Waals surface area contributed by atoms with Gasteiger partial charge in [0, 0.05) is 38.5 Å². The van der Waals surface area contributed by atoms with Crippen LogP contribution < -0.4 is 4.90 Å². The SMILES string of the molecule is Cc1ccc(Cc2ccccc2N(C)C(=O)OC2C3CCC2CN(Cc2ccccc2)C3)cc1. The van der Waals surface area contributed by atoms with E-state index in [1.165, 1.54) is 16.7 Å². The number of fused-ring (bicyclic) bond motifs is 2. The zero-order valence-corrected chi connectivity index (χ0v) is 20.2. The molecule has 4 heteroatoms. The lowest BCUT2D eigenvalue weighted by Crippen LogP contribution is -2.47. The number of likely N-dealkylation sites (tertiary alicyclic amines) is 1. The van der Waals surface area contributed by atoms with Crippen LogP contribution in [0.1, 0.15) is 35.1 Å². The molecule has 0 aromatic heterocycles. The van der Waals surface area contributed by atoms with Crippen LogP contribution in [0, 0.1) is 18.8 Å². The Morgan fingerprint density at radius 2 is 1.53 bits per heavy atom. The highest BCUT2D eigenvalue weighted by molar-refractivity contribution is 5.88. The zero-order valence-electron chi connectivity index (χ0n) is 20.2. The van der Waals surface area contributed by atoms with Gasteiger partial charge in [0.15, 0.2) is 0 Å². The number of para-hydroxylation sites is 1. The van der Waals surface area contributed by atoms with Gasteiger partial charge in [0.2, 0.25) is 0 Å². The number of carbonyl (C=O) groups excluding carboxylic acids is 1. The van der Waals surface area contributed by atoms with E-state index in [4.69, 9.17) is 4.74 Å². The highest BCUT2D eigenvalue weighted by atomic mass is 16.6. The Kier molecular flexibility index (Phi) is 6.68. The summed E-state index contributed by atoms with van der Waals surface area (Å²) in [4.78, 5) is 17.5. The Labute approximate surface area is 203 Å². The molecule has 34 heavy (non-hydrogen) atoms. The molecule has 5 rings (SSSR count). The number of hydrogen-bond acceptors (Lipinski definition) is 3. The number of piperidine rings is 1. The molecule has 1 aliphatic carbocycles. The van der Waals surface area contributed by atoms with Crippen molar-refractivity contribution in [3.05, 3.63) is 101 Å². The molecule has 1 aliphatic heterocycles. The van der Waals surface area contributed by atoms with Crippen molar-refractivity contribution in [1.29, 1.82) is 0 Å². The van der Waals surface area contributed by atoms with Crippen LogP contribution >= 0.6 is 0 Å². The first-order valence-electron chi connectivity index (χ1n) is 12.4. The molecule has 176 valence electrons. The monoisotopic (exact) mass is 454 g/mol. The smallest absolute Gasteiger partial charge is 0.414 e. The molecule has 1 amide bonds. The van der Waals surface area contributed by atoms with E-state index in [2.05, 4.69) is 72.5 Å². The summed E-state index contributed by atoms with van der Waals surface area (Å²) in [7, 11) is 1.84. The van der Waals surface area contributed by atoms with Crippen LogP contribution in [0.4, 0.5) is 10.5 Å². The molecular formula is C30H34N2O2. The number of carbonyl (C=O) groups is 1. The number of ether oxygens (including phenoxy) is 1. The van der Waals surface area contributed by atoms with Crippen molar-refractivity contribution < 1.29 is 9.53 Å².